The van der Waals surface area contributed by atoms with Crippen molar-refractivity contribution in [1.82, 2.24) is 19.1 Å². The number of nitrogens with zero attached hydrogens (tertiary/aromatic N) is 4. The first-order valence-corrected chi connectivity index (χ1v) is 12.6. The van der Waals surface area contributed by atoms with Crippen LogP contribution in [0.5, 0.6) is 0 Å². The molecule has 1 fully saturated rings. The maximum absolute atomic E-state index is 13.0. The van der Waals surface area contributed by atoms with Gasteiger partial charge in [-0.1, -0.05) is 43.6 Å². The first-order valence-electron chi connectivity index (χ1n) is 9.81. The number of carbonyl (C=O) groups is 1. The van der Waals surface area contributed by atoms with E-state index in [9.17, 15) is 13.2 Å². The van der Waals surface area contributed by atoms with E-state index in [1.165, 1.54) is 28.2 Å². The molecule has 2 aromatic rings. The van der Waals surface area contributed by atoms with E-state index >= 15 is 0 Å². The number of carbonyl (C=O) groups excluding carboxylic acids is 1. The number of amides is 1. The zero-order valence-electron chi connectivity index (χ0n) is 17.3. The van der Waals surface area contributed by atoms with Gasteiger partial charge in [0.2, 0.25) is 15.9 Å². The summed E-state index contributed by atoms with van der Waals surface area (Å²) >= 11 is 7.46. The SMILES string of the molecule is CC(C)c1nnc(SCC(=O)Nc2ccc(Cl)c(S(=O)(=O)N3CCCCC3)c2)n1C. The minimum Gasteiger partial charge on any atom is -0.325 e. The van der Waals surface area contributed by atoms with E-state index in [1.807, 2.05) is 25.5 Å². The van der Waals surface area contributed by atoms with Crippen LogP contribution >= 0.6 is 23.4 Å². The van der Waals surface area contributed by atoms with E-state index in [4.69, 9.17) is 11.6 Å². The van der Waals surface area contributed by atoms with Crippen LogP contribution in [0.2, 0.25) is 5.02 Å². The van der Waals surface area contributed by atoms with Crippen molar-refractivity contribution in [2.24, 2.45) is 7.05 Å². The highest BCUT2D eigenvalue weighted by molar-refractivity contribution is 7.99. The Hall–Kier alpha value is -1.62. The molecule has 0 radical (unpaired) electrons. The molecule has 0 bridgehead atoms. The fraction of sp³-hybridized carbons (Fsp3) is 0.526. The summed E-state index contributed by atoms with van der Waals surface area (Å²) in [5.41, 5.74) is 0.390. The lowest BCUT2D eigenvalue weighted by molar-refractivity contribution is -0.113. The summed E-state index contributed by atoms with van der Waals surface area (Å²) in [5.74, 6) is 0.946. The van der Waals surface area contributed by atoms with Gasteiger partial charge in [-0.05, 0) is 31.0 Å². The third kappa shape index (κ3) is 5.16. The molecule has 8 nitrogen and oxygen atoms in total. The summed E-state index contributed by atoms with van der Waals surface area (Å²) < 4.78 is 29.2. The van der Waals surface area contributed by atoms with Gasteiger partial charge in [-0.15, -0.1) is 10.2 Å². The second kappa shape index (κ2) is 9.67. The average molecular weight is 472 g/mol. The van der Waals surface area contributed by atoms with Gasteiger partial charge in [0.25, 0.3) is 0 Å². The van der Waals surface area contributed by atoms with E-state index in [1.54, 1.807) is 6.07 Å². The minimum atomic E-state index is -3.69. The molecule has 0 spiro atoms. The largest absolute Gasteiger partial charge is 0.325 e. The molecule has 1 amide bonds. The molecular formula is C19H26ClN5O3S2. The molecule has 1 N–H and O–H groups in total. The van der Waals surface area contributed by atoms with Crippen LogP contribution in [0.25, 0.3) is 0 Å². The summed E-state index contributed by atoms with van der Waals surface area (Å²) in [7, 11) is -1.83. The van der Waals surface area contributed by atoms with E-state index < -0.39 is 10.0 Å². The third-order valence-electron chi connectivity index (χ3n) is 4.87. The maximum atomic E-state index is 13.0. The molecule has 30 heavy (non-hydrogen) atoms. The number of aromatic nitrogens is 3. The Bertz CT molecular complexity index is 1020. The molecule has 1 aromatic heterocycles. The molecule has 11 heteroatoms. The minimum absolute atomic E-state index is 0.0198. The fourth-order valence-corrected chi connectivity index (χ4v) is 6.04. The first kappa shape index (κ1) is 23.1. The lowest BCUT2D eigenvalue weighted by atomic mass is 10.2. The van der Waals surface area contributed by atoms with E-state index in [2.05, 4.69) is 15.5 Å². The Morgan fingerprint density at radius 1 is 1.23 bits per heavy atom. The van der Waals surface area contributed by atoms with Gasteiger partial charge in [-0.2, -0.15) is 4.31 Å². The molecule has 1 aliphatic heterocycles. The number of sulfonamides is 1. The summed E-state index contributed by atoms with van der Waals surface area (Å²) in [4.78, 5) is 12.4. The number of benzene rings is 1. The molecule has 0 saturated carbocycles. The Kier molecular flexibility index (Phi) is 7.43. The fourth-order valence-electron chi connectivity index (χ4n) is 3.30. The van der Waals surface area contributed by atoms with Gasteiger partial charge < -0.3 is 9.88 Å². The highest BCUT2D eigenvalue weighted by Crippen LogP contribution is 2.29. The molecule has 3 rings (SSSR count). The highest BCUT2D eigenvalue weighted by atomic mass is 35.5. The van der Waals surface area contributed by atoms with Gasteiger partial charge in [0, 0.05) is 31.7 Å². The number of hydrogen-bond acceptors (Lipinski definition) is 6. The van der Waals surface area contributed by atoms with Gasteiger partial charge in [-0.3, -0.25) is 4.79 Å². The molecule has 0 aliphatic carbocycles. The van der Waals surface area contributed by atoms with Crippen molar-refractivity contribution in [3.63, 3.8) is 0 Å². The van der Waals surface area contributed by atoms with Crippen LogP contribution in [0.3, 0.4) is 0 Å². The van der Waals surface area contributed by atoms with Crippen molar-refractivity contribution in [3.8, 4) is 0 Å². The third-order valence-corrected chi connectivity index (χ3v) is 8.27. The molecule has 1 saturated heterocycles. The van der Waals surface area contributed by atoms with Gasteiger partial charge in [0.1, 0.15) is 10.7 Å². The van der Waals surface area contributed by atoms with Crippen molar-refractivity contribution >= 4 is 45.0 Å². The van der Waals surface area contributed by atoms with Crippen LogP contribution in [-0.4, -0.2) is 52.2 Å². The van der Waals surface area contributed by atoms with Crippen LogP contribution < -0.4 is 5.32 Å². The van der Waals surface area contributed by atoms with Crippen molar-refractivity contribution in [1.29, 1.82) is 0 Å². The van der Waals surface area contributed by atoms with E-state index in [0.29, 0.717) is 23.9 Å². The smallest absolute Gasteiger partial charge is 0.244 e. The number of piperidine rings is 1. The summed E-state index contributed by atoms with van der Waals surface area (Å²) in [6, 6.07) is 4.52. The summed E-state index contributed by atoms with van der Waals surface area (Å²) in [5, 5.41) is 11.8. The van der Waals surface area contributed by atoms with Crippen molar-refractivity contribution in [3.05, 3.63) is 29.0 Å². The first-order chi connectivity index (χ1) is 14.2. The monoisotopic (exact) mass is 471 g/mol. The summed E-state index contributed by atoms with van der Waals surface area (Å²) in [6.07, 6.45) is 2.70. The number of thioether (sulfide) groups is 1. The van der Waals surface area contributed by atoms with Crippen LogP contribution in [0.1, 0.15) is 44.9 Å². The van der Waals surface area contributed by atoms with Gasteiger partial charge >= 0.3 is 0 Å². The molecular weight excluding hydrogens is 446 g/mol. The lowest BCUT2D eigenvalue weighted by Crippen LogP contribution is -2.35. The summed E-state index contributed by atoms with van der Waals surface area (Å²) in [6.45, 7) is 5.03. The van der Waals surface area contributed by atoms with Gasteiger partial charge in [0.15, 0.2) is 5.16 Å². The molecule has 1 aromatic carbocycles. The maximum Gasteiger partial charge on any atom is 0.244 e. The molecule has 164 valence electrons. The van der Waals surface area contributed by atoms with Crippen LogP contribution in [0.15, 0.2) is 28.3 Å². The van der Waals surface area contributed by atoms with Crippen molar-refractivity contribution < 1.29 is 13.2 Å². The van der Waals surface area contributed by atoms with Crippen LogP contribution in [0, 0.1) is 0 Å². The predicted octanol–water partition coefficient (Wildman–Crippen LogP) is 3.50. The second-order valence-corrected chi connectivity index (χ2v) is 10.8. The predicted molar refractivity (Wildman–Crippen MR) is 119 cm³/mol. The number of halogens is 1. The van der Waals surface area contributed by atoms with Gasteiger partial charge in [-0.25, -0.2) is 8.42 Å². The topological polar surface area (TPSA) is 97.2 Å². The number of anilines is 1. The molecule has 0 unspecified atom stereocenters. The zero-order chi connectivity index (χ0) is 21.9. The zero-order valence-corrected chi connectivity index (χ0v) is 19.6. The van der Waals surface area contributed by atoms with E-state index in [-0.39, 0.29) is 27.5 Å². The van der Waals surface area contributed by atoms with Crippen molar-refractivity contribution in [2.45, 2.75) is 49.1 Å². The van der Waals surface area contributed by atoms with Gasteiger partial charge in [0.05, 0.1) is 10.8 Å². The van der Waals surface area contributed by atoms with Crippen LogP contribution in [0.4, 0.5) is 5.69 Å². The Labute approximate surface area is 186 Å². The normalized spacial score (nSPS) is 15.5. The standard InChI is InChI=1S/C19H26ClN5O3S2/c1-13(2)18-22-23-19(24(18)3)29-12-17(26)21-14-7-8-15(20)16(11-14)30(27,28)25-9-5-4-6-10-25/h7-8,11,13H,4-6,9-10,12H2,1-3H3,(H,21,26). The quantitative estimate of drug-likeness (QED) is 0.620. The number of rotatable bonds is 7. The Morgan fingerprint density at radius 2 is 1.93 bits per heavy atom. The molecule has 2 heterocycles. The average Bonchev–Trinajstić information content (AvgIpc) is 3.09. The van der Waals surface area contributed by atoms with E-state index in [0.717, 1.165) is 25.1 Å². The van der Waals surface area contributed by atoms with Crippen LogP contribution in [-0.2, 0) is 21.9 Å². The Balaban J connectivity index is 1.68. The second-order valence-electron chi connectivity index (χ2n) is 7.50. The molecule has 0 atom stereocenters. The highest BCUT2D eigenvalue weighted by Gasteiger charge is 2.28. The molecule has 1 aliphatic rings. The number of nitrogens with one attached hydrogen (secondary N) is 1. The lowest BCUT2D eigenvalue weighted by Gasteiger charge is -2.26. The number of hydrogen-bond donors (Lipinski definition) is 1. The van der Waals surface area contributed by atoms with Crippen molar-refractivity contribution in [2.75, 3.05) is 24.2 Å². The Morgan fingerprint density at radius 3 is 2.57 bits per heavy atom.